The molecule has 1 aromatic heterocycles. The monoisotopic (exact) mass is 188 g/mol. The number of allylic oxidation sites excluding steroid dienone is 1. The van der Waals surface area contributed by atoms with Gasteiger partial charge in [-0.2, -0.15) is 0 Å². The zero-order valence-corrected chi connectivity index (χ0v) is 7.81. The topological polar surface area (TPSA) is 42.0 Å². The number of aromatic nitrogens is 1. The molecule has 3 nitrogen and oxygen atoms in total. The highest BCUT2D eigenvalue weighted by Gasteiger charge is 2.20. The number of hydrogen-bond donors (Lipinski definition) is 1. The fraction of sp³-hybridized carbons (Fsp3) is 0.273. The van der Waals surface area contributed by atoms with E-state index in [0.717, 1.165) is 12.8 Å². The molecule has 0 aliphatic carbocycles. The number of hydrogen-bond acceptors (Lipinski definition) is 3. The van der Waals surface area contributed by atoms with E-state index in [1.54, 1.807) is 12.3 Å². The minimum Gasteiger partial charge on any atom is -0.381 e. The van der Waals surface area contributed by atoms with Crippen molar-refractivity contribution in [3.05, 3.63) is 42.4 Å². The Labute approximate surface area is 82.9 Å². The Bertz CT molecular complexity index is 346. The van der Waals surface area contributed by atoms with Crippen LogP contribution in [0.3, 0.4) is 0 Å². The Hall–Kier alpha value is -1.64. The first-order valence-electron chi connectivity index (χ1n) is 4.74. The van der Waals surface area contributed by atoms with E-state index in [2.05, 4.69) is 10.3 Å². The summed E-state index contributed by atoms with van der Waals surface area (Å²) in [6.45, 7) is 0. The standard InChI is InChI=1S/C11H12N2O/c14-11(9-5-1-3-7-12-9)10-6-2-4-8-13-10/h1,3-5,7-8,10,13H,2,6H2. The molecular weight excluding hydrogens is 176 g/mol. The van der Waals surface area contributed by atoms with Crippen LogP contribution in [0.25, 0.3) is 0 Å². The molecule has 14 heavy (non-hydrogen) atoms. The summed E-state index contributed by atoms with van der Waals surface area (Å²) in [7, 11) is 0. The van der Waals surface area contributed by atoms with Gasteiger partial charge in [-0.15, -0.1) is 0 Å². The molecule has 2 rings (SSSR count). The smallest absolute Gasteiger partial charge is 0.203 e. The minimum absolute atomic E-state index is 0.0787. The zero-order chi connectivity index (χ0) is 9.80. The summed E-state index contributed by atoms with van der Waals surface area (Å²) in [5.41, 5.74) is 0.542. The zero-order valence-electron chi connectivity index (χ0n) is 7.81. The van der Waals surface area contributed by atoms with E-state index in [-0.39, 0.29) is 11.8 Å². The van der Waals surface area contributed by atoms with Crippen LogP contribution in [-0.4, -0.2) is 16.8 Å². The van der Waals surface area contributed by atoms with Crippen LogP contribution in [0.15, 0.2) is 36.7 Å². The van der Waals surface area contributed by atoms with Gasteiger partial charge in [0.2, 0.25) is 5.78 Å². The normalized spacial score (nSPS) is 20.1. The lowest BCUT2D eigenvalue weighted by molar-refractivity contribution is 0.0938. The molecule has 0 radical (unpaired) electrons. The molecule has 1 aromatic rings. The molecule has 3 heteroatoms. The van der Waals surface area contributed by atoms with Crippen molar-refractivity contribution in [1.82, 2.24) is 10.3 Å². The Morgan fingerprint density at radius 1 is 1.50 bits per heavy atom. The highest BCUT2D eigenvalue weighted by atomic mass is 16.1. The molecule has 0 saturated carbocycles. The summed E-state index contributed by atoms with van der Waals surface area (Å²) >= 11 is 0. The fourth-order valence-electron chi connectivity index (χ4n) is 1.51. The van der Waals surface area contributed by atoms with Crippen molar-refractivity contribution in [2.24, 2.45) is 0 Å². The van der Waals surface area contributed by atoms with Crippen LogP contribution in [0, 0.1) is 0 Å². The van der Waals surface area contributed by atoms with Crippen molar-refractivity contribution < 1.29 is 4.79 Å². The van der Waals surface area contributed by atoms with Gasteiger partial charge >= 0.3 is 0 Å². The van der Waals surface area contributed by atoms with E-state index < -0.39 is 0 Å². The van der Waals surface area contributed by atoms with Gasteiger partial charge in [-0.25, -0.2) is 0 Å². The van der Waals surface area contributed by atoms with Gasteiger partial charge in [0.05, 0.1) is 6.04 Å². The molecule has 1 atom stereocenters. The lowest BCUT2D eigenvalue weighted by Gasteiger charge is -2.18. The third kappa shape index (κ3) is 1.82. The minimum atomic E-state index is -0.102. The van der Waals surface area contributed by atoms with E-state index >= 15 is 0 Å². The van der Waals surface area contributed by atoms with Crippen molar-refractivity contribution in [3.63, 3.8) is 0 Å². The van der Waals surface area contributed by atoms with Crippen LogP contribution in [0.5, 0.6) is 0 Å². The maximum absolute atomic E-state index is 11.8. The van der Waals surface area contributed by atoms with Gasteiger partial charge in [-0.1, -0.05) is 12.1 Å². The molecule has 0 saturated heterocycles. The summed E-state index contributed by atoms with van der Waals surface area (Å²) in [4.78, 5) is 15.9. The second kappa shape index (κ2) is 4.05. The number of carbonyl (C=O) groups is 1. The molecule has 1 unspecified atom stereocenters. The molecule has 2 heterocycles. The Morgan fingerprint density at radius 2 is 2.43 bits per heavy atom. The van der Waals surface area contributed by atoms with Crippen LogP contribution in [0.4, 0.5) is 0 Å². The molecule has 0 bridgehead atoms. The van der Waals surface area contributed by atoms with Crippen LogP contribution >= 0.6 is 0 Å². The third-order valence-electron chi connectivity index (χ3n) is 2.27. The summed E-state index contributed by atoms with van der Waals surface area (Å²) in [5, 5.41) is 3.05. The van der Waals surface area contributed by atoms with E-state index in [1.165, 1.54) is 0 Å². The first kappa shape index (κ1) is 8.94. The molecule has 1 aliphatic heterocycles. The maximum Gasteiger partial charge on any atom is 0.203 e. The van der Waals surface area contributed by atoms with Gasteiger partial charge in [0.1, 0.15) is 5.69 Å². The van der Waals surface area contributed by atoms with Crippen molar-refractivity contribution in [2.45, 2.75) is 18.9 Å². The molecule has 0 spiro atoms. The van der Waals surface area contributed by atoms with Gasteiger partial charge in [-0.3, -0.25) is 9.78 Å². The van der Waals surface area contributed by atoms with Gasteiger partial charge in [0.15, 0.2) is 0 Å². The molecule has 1 aliphatic rings. The van der Waals surface area contributed by atoms with Crippen LogP contribution in [0.1, 0.15) is 23.3 Å². The van der Waals surface area contributed by atoms with E-state index in [4.69, 9.17) is 0 Å². The first-order valence-corrected chi connectivity index (χ1v) is 4.74. The SMILES string of the molecule is O=C(c1ccccn1)C1CCC=CN1. The highest BCUT2D eigenvalue weighted by molar-refractivity contribution is 5.98. The summed E-state index contributed by atoms with van der Waals surface area (Å²) in [5.74, 6) is 0.0787. The summed E-state index contributed by atoms with van der Waals surface area (Å²) < 4.78 is 0. The van der Waals surface area contributed by atoms with Gasteiger partial charge < -0.3 is 5.32 Å². The van der Waals surface area contributed by atoms with E-state index in [9.17, 15) is 4.79 Å². The Balaban J connectivity index is 2.12. The number of ketones is 1. The largest absolute Gasteiger partial charge is 0.381 e. The lowest BCUT2D eigenvalue weighted by Crippen LogP contribution is -2.35. The summed E-state index contributed by atoms with van der Waals surface area (Å²) in [6, 6.07) is 5.29. The predicted molar refractivity (Wildman–Crippen MR) is 53.9 cm³/mol. The number of carbonyl (C=O) groups excluding carboxylic acids is 1. The second-order valence-corrected chi connectivity index (χ2v) is 3.28. The Morgan fingerprint density at radius 3 is 3.07 bits per heavy atom. The van der Waals surface area contributed by atoms with E-state index in [1.807, 2.05) is 24.4 Å². The number of nitrogens with zero attached hydrogens (tertiary/aromatic N) is 1. The van der Waals surface area contributed by atoms with Crippen LogP contribution < -0.4 is 5.32 Å². The molecule has 1 N–H and O–H groups in total. The van der Waals surface area contributed by atoms with Crippen molar-refractivity contribution >= 4 is 5.78 Å². The number of nitrogens with one attached hydrogen (secondary N) is 1. The van der Waals surface area contributed by atoms with Crippen molar-refractivity contribution in [1.29, 1.82) is 0 Å². The lowest BCUT2D eigenvalue weighted by atomic mass is 10.0. The molecular formula is C11H12N2O. The van der Waals surface area contributed by atoms with Crippen molar-refractivity contribution in [3.8, 4) is 0 Å². The van der Waals surface area contributed by atoms with Crippen molar-refractivity contribution in [2.75, 3.05) is 0 Å². The molecule has 72 valence electrons. The predicted octanol–water partition coefficient (Wildman–Crippen LogP) is 1.53. The second-order valence-electron chi connectivity index (χ2n) is 3.28. The van der Waals surface area contributed by atoms with Crippen LogP contribution in [0.2, 0.25) is 0 Å². The highest BCUT2D eigenvalue weighted by Crippen LogP contribution is 2.09. The average molecular weight is 188 g/mol. The number of pyridine rings is 1. The molecule has 0 aromatic carbocycles. The van der Waals surface area contributed by atoms with E-state index in [0.29, 0.717) is 5.69 Å². The van der Waals surface area contributed by atoms with Crippen LogP contribution in [-0.2, 0) is 0 Å². The third-order valence-corrected chi connectivity index (χ3v) is 2.27. The first-order chi connectivity index (χ1) is 6.88. The maximum atomic E-state index is 11.8. The fourth-order valence-corrected chi connectivity index (χ4v) is 1.51. The number of rotatable bonds is 2. The quantitative estimate of drug-likeness (QED) is 0.716. The van der Waals surface area contributed by atoms with Gasteiger partial charge in [0.25, 0.3) is 0 Å². The Kier molecular flexibility index (Phi) is 2.58. The molecule has 0 amide bonds. The van der Waals surface area contributed by atoms with Gasteiger partial charge in [0, 0.05) is 6.20 Å². The molecule has 0 fully saturated rings. The average Bonchev–Trinajstić information content (AvgIpc) is 2.30. The number of Topliss-reactive ketones (excluding diaryl/α,β-unsaturated/α-hetero) is 1. The van der Waals surface area contributed by atoms with Gasteiger partial charge in [-0.05, 0) is 31.2 Å². The summed E-state index contributed by atoms with van der Waals surface area (Å²) in [6.07, 6.45) is 7.32.